The number of ether oxygens (including phenoxy) is 3. The van der Waals surface area contributed by atoms with Crippen molar-refractivity contribution in [1.29, 1.82) is 5.26 Å². The van der Waals surface area contributed by atoms with Crippen LogP contribution in [0, 0.1) is 23.0 Å². The highest BCUT2D eigenvalue weighted by molar-refractivity contribution is 5.93. The number of nitriles is 1. The van der Waals surface area contributed by atoms with E-state index in [1.807, 2.05) is 17.6 Å². The minimum absolute atomic E-state index is 0.0783. The molecule has 0 radical (unpaired) electrons. The molecule has 0 fully saturated rings. The third-order valence-corrected chi connectivity index (χ3v) is 7.07. The van der Waals surface area contributed by atoms with E-state index in [1.54, 1.807) is 55.6 Å². The lowest BCUT2D eigenvalue weighted by molar-refractivity contribution is 0.0601. The monoisotopic (exact) mass is 582 g/mol. The van der Waals surface area contributed by atoms with Crippen molar-refractivity contribution in [3.63, 3.8) is 0 Å². The number of imidazole rings is 1. The van der Waals surface area contributed by atoms with Crippen LogP contribution in [0.1, 0.15) is 39.8 Å². The molecule has 0 aliphatic heterocycles. The first-order valence-corrected chi connectivity index (χ1v) is 13.5. The summed E-state index contributed by atoms with van der Waals surface area (Å²) in [5.74, 6) is -0.558. The first kappa shape index (κ1) is 29.4. The molecule has 218 valence electrons. The lowest BCUT2D eigenvalue weighted by atomic mass is 10.1. The number of rotatable bonds is 10. The van der Waals surface area contributed by atoms with E-state index in [9.17, 15) is 9.18 Å². The molecule has 5 aromatic rings. The number of halogens is 2. The van der Waals surface area contributed by atoms with Crippen molar-refractivity contribution >= 4 is 17.0 Å². The van der Waals surface area contributed by atoms with Gasteiger partial charge in [0.15, 0.2) is 0 Å². The molecule has 0 spiro atoms. The van der Waals surface area contributed by atoms with E-state index in [-0.39, 0.29) is 36.1 Å². The molecule has 1 atom stereocenters. The Morgan fingerprint density at radius 1 is 0.977 bits per heavy atom. The Morgan fingerprint density at radius 3 is 2.49 bits per heavy atom. The normalized spacial score (nSPS) is 11.7. The smallest absolute Gasteiger partial charge is 0.337 e. The van der Waals surface area contributed by atoms with Crippen LogP contribution in [-0.2, 0) is 29.0 Å². The minimum Gasteiger partial charge on any atom is -0.473 e. The number of methoxy groups -OCH3 is 2. The van der Waals surface area contributed by atoms with Crippen LogP contribution in [0.25, 0.3) is 22.3 Å². The summed E-state index contributed by atoms with van der Waals surface area (Å²) in [6.07, 6.45) is 0.0523. The fraction of sp³-hybridized carbons (Fsp3) is 0.212. The number of nitrogens with zero attached hydrogens (tertiary/aromatic N) is 4. The van der Waals surface area contributed by atoms with Crippen molar-refractivity contribution in [1.82, 2.24) is 14.5 Å². The Hall–Kier alpha value is -5.14. The highest BCUT2D eigenvalue weighted by Crippen LogP contribution is 2.26. The first-order chi connectivity index (χ1) is 20.8. The second kappa shape index (κ2) is 12.8. The summed E-state index contributed by atoms with van der Waals surface area (Å²) in [5, 5.41) is 8.92. The number of fused-ring (bicyclic) bond motifs is 1. The zero-order valence-electron chi connectivity index (χ0n) is 23.8. The second-order valence-corrected chi connectivity index (χ2v) is 9.93. The Kier molecular flexibility index (Phi) is 8.74. The predicted molar refractivity (Wildman–Crippen MR) is 155 cm³/mol. The van der Waals surface area contributed by atoms with Gasteiger partial charge in [-0.1, -0.05) is 24.3 Å². The molecular formula is C33H28F2N4O4. The van der Waals surface area contributed by atoms with Crippen molar-refractivity contribution in [3.8, 4) is 23.2 Å². The summed E-state index contributed by atoms with van der Waals surface area (Å²) in [5.41, 5.74) is 3.76. The summed E-state index contributed by atoms with van der Waals surface area (Å²) < 4.78 is 47.7. The summed E-state index contributed by atoms with van der Waals surface area (Å²) in [6, 6.07) is 21.1. The maximum Gasteiger partial charge on any atom is 0.337 e. The van der Waals surface area contributed by atoms with Gasteiger partial charge in [0, 0.05) is 30.7 Å². The molecule has 8 nitrogen and oxygen atoms in total. The van der Waals surface area contributed by atoms with Crippen LogP contribution in [0.4, 0.5) is 8.78 Å². The standard InChI is InChI=1S/C33H28F2N4O4/c1-20(41-2)18-39-30-15-24(33(40)42-3)11-12-29(30)37-31(39)16-22-9-10-23(14-27(22)35)28-5-4-6-32(38-28)43-19-25-8-7-21(17-36)13-26(25)34/h4-15,20H,16,18-19H2,1-3H3/t20-/m0/s1. The van der Waals surface area contributed by atoms with Gasteiger partial charge in [-0.3, -0.25) is 0 Å². The van der Waals surface area contributed by atoms with E-state index in [1.165, 1.54) is 25.3 Å². The number of pyridine rings is 1. The molecule has 3 aromatic carbocycles. The summed E-state index contributed by atoms with van der Waals surface area (Å²) >= 11 is 0. The Labute approximate surface area is 247 Å². The predicted octanol–water partition coefficient (Wildman–Crippen LogP) is 6.24. The fourth-order valence-electron chi connectivity index (χ4n) is 4.65. The van der Waals surface area contributed by atoms with E-state index >= 15 is 4.39 Å². The van der Waals surface area contributed by atoms with E-state index < -0.39 is 17.6 Å². The zero-order valence-corrected chi connectivity index (χ0v) is 23.8. The van der Waals surface area contributed by atoms with Crippen LogP contribution >= 0.6 is 0 Å². The number of esters is 1. The van der Waals surface area contributed by atoms with E-state index in [4.69, 9.17) is 24.5 Å². The zero-order chi connectivity index (χ0) is 30.5. The van der Waals surface area contributed by atoms with Crippen molar-refractivity contribution in [2.45, 2.75) is 32.6 Å². The molecule has 0 bridgehead atoms. The number of hydrogen-bond donors (Lipinski definition) is 0. The SMILES string of the molecule is COC(=O)c1ccc2nc(Cc3ccc(-c4cccc(OCc5ccc(C#N)cc5F)n4)cc3F)n(C[C@H](C)OC)c2c1. The van der Waals surface area contributed by atoms with Crippen LogP contribution in [0.15, 0.2) is 72.8 Å². The Balaban J connectivity index is 1.38. The van der Waals surface area contributed by atoms with Crippen molar-refractivity contribution in [2.75, 3.05) is 14.2 Å². The van der Waals surface area contributed by atoms with E-state index in [0.29, 0.717) is 40.3 Å². The maximum atomic E-state index is 15.5. The average molecular weight is 583 g/mol. The van der Waals surface area contributed by atoms with Crippen LogP contribution < -0.4 is 4.74 Å². The van der Waals surface area contributed by atoms with Crippen molar-refractivity contribution < 1.29 is 27.8 Å². The molecule has 0 amide bonds. The summed E-state index contributed by atoms with van der Waals surface area (Å²) in [7, 11) is 2.94. The molecule has 0 saturated carbocycles. The van der Waals surface area contributed by atoms with Gasteiger partial charge in [-0.2, -0.15) is 5.26 Å². The Bertz CT molecular complexity index is 1850. The van der Waals surface area contributed by atoms with Gasteiger partial charge in [-0.25, -0.2) is 23.5 Å². The largest absolute Gasteiger partial charge is 0.473 e. The van der Waals surface area contributed by atoms with Crippen LogP contribution in [0.5, 0.6) is 5.88 Å². The highest BCUT2D eigenvalue weighted by Gasteiger charge is 2.18. The lowest BCUT2D eigenvalue weighted by Gasteiger charge is -2.15. The fourth-order valence-corrected chi connectivity index (χ4v) is 4.65. The molecule has 0 aliphatic rings. The molecule has 43 heavy (non-hydrogen) atoms. The number of hydrogen-bond acceptors (Lipinski definition) is 7. The van der Waals surface area contributed by atoms with Gasteiger partial charge < -0.3 is 18.8 Å². The lowest BCUT2D eigenvalue weighted by Crippen LogP contribution is -2.17. The molecule has 2 aromatic heterocycles. The van der Waals surface area contributed by atoms with Gasteiger partial charge in [-0.15, -0.1) is 0 Å². The topological polar surface area (TPSA) is 99.3 Å². The van der Waals surface area contributed by atoms with Gasteiger partial charge in [0.1, 0.15) is 24.1 Å². The summed E-state index contributed by atoms with van der Waals surface area (Å²) in [6.45, 7) is 2.29. The van der Waals surface area contributed by atoms with Crippen LogP contribution in [-0.4, -0.2) is 40.8 Å². The maximum absolute atomic E-state index is 15.5. The number of aromatic nitrogens is 3. The third kappa shape index (κ3) is 6.52. The molecule has 5 rings (SSSR count). The quantitative estimate of drug-likeness (QED) is 0.180. The van der Waals surface area contributed by atoms with Crippen molar-refractivity contribution in [3.05, 3.63) is 113 Å². The molecule has 0 saturated heterocycles. The molecule has 10 heteroatoms. The van der Waals surface area contributed by atoms with E-state index in [2.05, 4.69) is 4.98 Å². The number of benzene rings is 3. The van der Waals surface area contributed by atoms with Gasteiger partial charge in [-0.05, 0) is 55.0 Å². The minimum atomic E-state index is -0.540. The van der Waals surface area contributed by atoms with Crippen LogP contribution in [0.3, 0.4) is 0 Å². The second-order valence-electron chi connectivity index (χ2n) is 9.93. The van der Waals surface area contributed by atoms with Gasteiger partial charge in [0.2, 0.25) is 5.88 Å². The van der Waals surface area contributed by atoms with Gasteiger partial charge >= 0.3 is 5.97 Å². The molecule has 0 N–H and O–H groups in total. The first-order valence-electron chi connectivity index (χ1n) is 13.5. The van der Waals surface area contributed by atoms with E-state index in [0.717, 1.165) is 11.6 Å². The Morgan fingerprint density at radius 2 is 1.77 bits per heavy atom. The molecular weight excluding hydrogens is 554 g/mol. The molecule has 0 aliphatic carbocycles. The molecule has 2 heterocycles. The van der Waals surface area contributed by atoms with Gasteiger partial charge in [0.05, 0.1) is 53.7 Å². The highest BCUT2D eigenvalue weighted by atomic mass is 19.1. The third-order valence-electron chi connectivity index (χ3n) is 7.07. The van der Waals surface area contributed by atoms with Gasteiger partial charge in [0.25, 0.3) is 0 Å². The van der Waals surface area contributed by atoms with Crippen molar-refractivity contribution in [2.24, 2.45) is 0 Å². The summed E-state index contributed by atoms with van der Waals surface area (Å²) in [4.78, 5) is 21.3. The van der Waals surface area contributed by atoms with Crippen LogP contribution in [0.2, 0.25) is 0 Å². The average Bonchev–Trinajstić information content (AvgIpc) is 3.36. The molecule has 0 unspecified atom stereocenters. The number of carbonyl (C=O) groups excluding carboxylic acids is 1. The number of carbonyl (C=O) groups is 1.